The normalized spacial score (nSPS) is 10.4. The highest BCUT2D eigenvalue weighted by atomic mass is 32.2. The van der Waals surface area contributed by atoms with Crippen molar-refractivity contribution >= 4 is 17.7 Å². The smallest absolute Gasteiger partial charge is 0.304 e. The van der Waals surface area contributed by atoms with E-state index in [-0.39, 0.29) is 6.42 Å². The number of aliphatic carboxylic acids is 1. The molecule has 0 radical (unpaired) electrons. The van der Waals surface area contributed by atoms with Gasteiger partial charge < -0.3 is 9.67 Å². The number of nitrogens with zero attached hydrogens (tertiary/aromatic N) is 2. The molecule has 0 aliphatic rings. The Morgan fingerprint density at radius 1 is 1.64 bits per heavy atom. The van der Waals surface area contributed by atoms with Gasteiger partial charge in [-0.2, -0.15) is 11.8 Å². The number of carboxylic acid groups (broad SMARTS) is 1. The van der Waals surface area contributed by atoms with Gasteiger partial charge in [0.25, 0.3) is 0 Å². The molecule has 0 aliphatic heterocycles. The lowest BCUT2D eigenvalue weighted by Crippen LogP contribution is -2.01. The standard InChI is InChI=1S/C9H14N2O2S/c1-11-5-4-10-8(11)2-6-14-7-3-9(12)13/h4-5H,2-3,6-7H2,1H3,(H,12,13). The number of hydrogen-bond donors (Lipinski definition) is 1. The Hall–Kier alpha value is -0.970. The van der Waals surface area contributed by atoms with Crippen LogP contribution in [0.5, 0.6) is 0 Å². The molecule has 0 aliphatic carbocycles. The van der Waals surface area contributed by atoms with Gasteiger partial charge in [-0.25, -0.2) is 4.98 Å². The first-order valence-corrected chi connectivity index (χ1v) is 5.61. The molecule has 0 saturated heterocycles. The van der Waals surface area contributed by atoms with Crippen LogP contribution in [0.2, 0.25) is 0 Å². The number of hydrogen-bond acceptors (Lipinski definition) is 3. The van der Waals surface area contributed by atoms with Crippen LogP contribution in [0, 0.1) is 0 Å². The van der Waals surface area contributed by atoms with Crippen LogP contribution in [0.3, 0.4) is 0 Å². The van der Waals surface area contributed by atoms with E-state index in [1.165, 1.54) is 0 Å². The van der Waals surface area contributed by atoms with E-state index in [1.807, 2.05) is 17.8 Å². The minimum absolute atomic E-state index is 0.241. The Labute approximate surface area is 87.3 Å². The molecule has 1 N–H and O–H groups in total. The van der Waals surface area contributed by atoms with Crippen molar-refractivity contribution in [3.8, 4) is 0 Å². The minimum atomic E-state index is -0.727. The first kappa shape index (κ1) is 11.1. The van der Waals surface area contributed by atoms with Gasteiger partial charge in [0.2, 0.25) is 0 Å². The number of imidazole rings is 1. The van der Waals surface area contributed by atoms with Gasteiger partial charge in [0.15, 0.2) is 0 Å². The Balaban J connectivity index is 2.10. The Kier molecular flexibility index (Phi) is 4.52. The van der Waals surface area contributed by atoms with Crippen LogP contribution in [0.25, 0.3) is 0 Å². The molecule has 0 bridgehead atoms. The van der Waals surface area contributed by atoms with Crippen LogP contribution >= 0.6 is 11.8 Å². The molecule has 78 valence electrons. The maximum absolute atomic E-state index is 10.2. The molecule has 1 rings (SSSR count). The summed E-state index contributed by atoms with van der Waals surface area (Å²) in [5.41, 5.74) is 0. The molecule has 1 heterocycles. The summed E-state index contributed by atoms with van der Waals surface area (Å²) in [5.74, 6) is 1.93. The SMILES string of the molecule is Cn1ccnc1CCSCCC(=O)O. The third-order valence-corrected chi connectivity index (χ3v) is 2.84. The summed E-state index contributed by atoms with van der Waals surface area (Å²) in [6.45, 7) is 0. The highest BCUT2D eigenvalue weighted by molar-refractivity contribution is 7.99. The van der Waals surface area contributed by atoms with Gasteiger partial charge >= 0.3 is 5.97 Å². The van der Waals surface area contributed by atoms with Crippen LogP contribution in [0.4, 0.5) is 0 Å². The monoisotopic (exact) mass is 214 g/mol. The fraction of sp³-hybridized carbons (Fsp3) is 0.556. The lowest BCUT2D eigenvalue weighted by molar-refractivity contribution is -0.136. The van der Waals surface area contributed by atoms with Gasteiger partial charge in [0, 0.05) is 37.4 Å². The fourth-order valence-corrected chi connectivity index (χ4v) is 1.91. The molecule has 4 nitrogen and oxygen atoms in total. The second-order valence-electron chi connectivity index (χ2n) is 2.96. The van der Waals surface area contributed by atoms with E-state index in [4.69, 9.17) is 5.11 Å². The average Bonchev–Trinajstić information content (AvgIpc) is 2.51. The van der Waals surface area contributed by atoms with Gasteiger partial charge in [-0.1, -0.05) is 0 Å². The van der Waals surface area contributed by atoms with E-state index in [0.29, 0.717) is 5.75 Å². The summed E-state index contributed by atoms with van der Waals surface area (Å²) in [7, 11) is 1.96. The van der Waals surface area contributed by atoms with Gasteiger partial charge in [-0.15, -0.1) is 0 Å². The molecule has 0 fully saturated rings. The van der Waals surface area contributed by atoms with Crippen molar-refractivity contribution < 1.29 is 9.90 Å². The number of carbonyl (C=O) groups is 1. The van der Waals surface area contributed by atoms with Crippen molar-refractivity contribution in [3.05, 3.63) is 18.2 Å². The third kappa shape index (κ3) is 3.83. The van der Waals surface area contributed by atoms with Gasteiger partial charge in [0.1, 0.15) is 5.82 Å². The molecule has 1 aromatic rings. The summed E-state index contributed by atoms with van der Waals surface area (Å²) >= 11 is 1.65. The highest BCUT2D eigenvalue weighted by Gasteiger charge is 2.00. The van der Waals surface area contributed by atoms with Crippen molar-refractivity contribution in [1.82, 2.24) is 9.55 Å². The molecule has 0 saturated carbocycles. The van der Waals surface area contributed by atoms with Crippen molar-refractivity contribution in [2.24, 2.45) is 7.05 Å². The van der Waals surface area contributed by atoms with E-state index >= 15 is 0 Å². The van der Waals surface area contributed by atoms with Crippen LogP contribution in [0.1, 0.15) is 12.2 Å². The largest absolute Gasteiger partial charge is 0.481 e. The average molecular weight is 214 g/mol. The van der Waals surface area contributed by atoms with E-state index in [0.717, 1.165) is 18.0 Å². The second kappa shape index (κ2) is 5.70. The maximum Gasteiger partial charge on any atom is 0.304 e. The summed E-state index contributed by atoms with van der Waals surface area (Å²) in [5, 5.41) is 8.41. The quantitative estimate of drug-likeness (QED) is 0.722. The maximum atomic E-state index is 10.2. The molecule has 1 aromatic heterocycles. The molecule has 0 aromatic carbocycles. The summed E-state index contributed by atoms with van der Waals surface area (Å²) in [6, 6.07) is 0. The van der Waals surface area contributed by atoms with E-state index in [1.54, 1.807) is 18.0 Å². The van der Waals surface area contributed by atoms with Crippen LogP contribution < -0.4 is 0 Å². The molecular formula is C9H14N2O2S. The second-order valence-corrected chi connectivity index (χ2v) is 4.19. The van der Waals surface area contributed by atoms with E-state index < -0.39 is 5.97 Å². The summed E-state index contributed by atoms with van der Waals surface area (Å²) in [6.07, 6.45) is 4.83. The molecule has 14 heavy (non-hydrogen) atoms. The number of rotatable bonds is 6. The predicted octanol–water partition coefficient (Wildman–Crippen LogP) is 1.17. The van der Waals surface area contributed by atoms with Crippen molar-refractivity contribution in [2.45, 2.75) is 12.8 Å². The molecule has 0 amide bonds. The first-order chi connectivity index (χ1) is 6.70. The third-order valence-electron chi connectivity index (χ3n) is 1.85. The highest BCUT2D eigenvalue weighted by Crippen LogP contribution is 2.06. The first-order valence-electron chi connectivity index (χ1n) is 4.46. The number of carboxylic acids is 1. The van der Waals surface area contributed by atoms with Crippen LogP contribution in [0.15, 0.2) is 12.4 Å². The van der Waals surface area contributed by atoms with Crippen molar-refractivity contribution in [1.29, 1.82) is 0 Å². The molecule has 0 unspecified atom stereocenters. The lowest BCUT2D eigenvalue weighted by atomic mass is 10.4. The molecule has 0 atom stereocenters. The zero-order chi connectivity index (χ0) is 10.4. The summed E-state index contributed by atoms with van der Waals surface area (Å²) in [4.78, 5) is 14.4. The lowest BCUT2D eigenvalue weighted by Gasteiger charge is -2.00. The predicted molar refractivity (Wildman–Crippen MR) is 56.5 cm³/mol. The molecule has 0 spiro atoms. The minimum Gasteiger partial charge on any atom is -0.481 e. The van der Waals surface area contributed by atoms with Crippen molar-refractivity contribution in [2.75, 3.05) is 11.5 Å². The van der Waals surface area contributed by atoms with Crippen LogP contribution in [-0.2, 0) is 18.3 Å². The van der Waals surface area contributed by atoms with E-state index in [9.17, 15) is 4.79 Å². The summed E-state index contributed by atoms with van der Waals surface area (Å²) < 4.78 is 1.98. The van der Waals surface area contributed by atoms with Gasteiger partial charge in [-0.3, -0.25) is 4.79 Å². The Morgan fingerprint density at radius 3 is 3.00 bits per heavy atom. The van der Waals surface area contributed by atoms with Crippen LogP contribution in [-0.4, -0.2) is 32.1 Å². The number of aryl methyl sites for hydroxylation is 2. The molecule has 5 heteroatoms. The Morgan fingerprint density at radius 2 is 2.43 bits per heavy atom. The number of aromatic nitrogens is 2. The fourth-order valence-electron chi connectivity index (χ4n) is 1.06. The Bertz CT molecular complexity index is 299. The van der Waals surface area contributed by atoms with Gasteiger partial charge in [0.05, 0.1) is 6.42 Å². The topological polar surface area (TPSA) is 55.1 Å². The van der Waals surface area contributed by atoms with Gasteiger partial charge in [-0.05, 0) is 0 Å². The molecular weight excluding hydrogens is 200 g/mol. The van der Waals surface area contributed by atoms with Crippen molar-refractivity contribution in [3.63, 3.8) is 0 Å². The van der Waals surface area contributed by atoms with E-state index in [2.05, 4.69) is 4.98 Å². The number of thioether (sulfide) groups is 1. The zero-order valence-electron chi connectivity index (χ0n) is 8.14. The zero-order valence-corrected chi connectivity index (χ0v) is 8.96.